The fourth-order valence-corrected chi connectivity index (χ4v) is 1.92. The van der Waals surface area contributed by atoms with E-state index in [0.717, 1.165) is 0 Å². The van der Waals surface area contributed by atoms with Crippen LogP contribution >= 0.6 is 0 Å². The van der Waals surface area contributed by atoms with Crippen LogP contribution in [0.25, 0.3) is 0 Å². The third-order valence-electron chi connectivity index (χ3n) is 2.84. The van der Waals surface area contributed by atoms with Gasteiger partial charge in [0.2, 0.25) is 5.91 Å². The quantitative estimate of drug-likeness (QED) is 0.818. The molecule has 3 heteroatoms. The zero-order valence-electron chi connectivity index (χ0n) is 11.1. The number of carbonyl (C=O) groups excluding carboxylic acids is 1. The van der Waals surface area contributed by atoms with Crippen molar-refractivity contribution in [1.29, 1.82) is 0 Å². The van der Waals surface area contributed by atoms with Crippen LogP contribution in [0.5, 0.6) is 0 Å². The van der Waals surface area contributed by atoms with Gasteiger partial charge in [0.15, 0.2) is 0 Å². The highest BCUT2D eigenvalue weighted by Crippen LogP contribution is 2.24. The number of rotatable bonds is 5. The van der Waals surface area contributed by atoms with E-state index in [1.54, 1.807) is 7.05 Å². The molecule has 0 aliphatic rings. The number of hydrogen-bond acceptors (Lipinski definition) is 2. The zero-order valence-corrected chi connectivity index (χ0v) is 11.1. The van der Waals surface area contributed by atoms with Crippen molar-refractivity contribution in [3.8, 4) is 0 Å². The van der Waals surface area contributed by atoms with E-state index in [9.17, 15) is 4.79 Å². The minimum atomic E-state index is 0.0365. The van der Waals surface area contributed by atoms with Crippen LogP contribution in [0.2, 0.25) is 0 Å². The van der Waals surface area contributed by atoms with Crippen molar-refractivity contribution < 1.29 is 4.79 Å². The number of aryl methyl sites for hydroxylation is 1. The van der Waals surface area contributed by atoms with Crippen molar-refractivity contribution in [2.24, 2.45) is 5.92 Å². The summed E-state index contributed by atoms with van der Waals surface area (Å²) in [6.45, 7) is 6.68. The molecular weight excluding hydrogens is 212 g/mol. The smallest absolute Gasteiger partial charge is 0.234 e. The minimum absolute atomic E-state index is 0.0365. The summed E-state index contributed by atoms with van der Waals surface area (Å²) in [6, 6.07) is 8.28. The van der Waals surface area contributed by atoms with Crippen LogP contribution in [0, 0.1) is 12.8 Å². The Labute approximate surface area is 104 Å². The number of carbonyl (C=O) groups is 1. The van der Waals surface area contributed by atoms with Crippen LogP contribution in [0.3, 0.4) is 0 Å². The largest absolute Gasteiger partial charge is 0.348 e. The van der Waals surface area contributed by atoms with Crippen LogP contribution in [0.15, 0.2) is 24.3 Å². The monoisotopic (exact) mass is 234 g/mol. The Morgan fingerprint density at radius 2 is 1.94 bits per heavy atom. The fraction of sp³-hybridized carbons (Fsp3) is 0.500. The van der Waals surface area contributed by atoms with Crippen LogP contribution in [0.1, 0.15) is 31.0 Å². The molecule has 0 aliphatic carbocycles. The highest BCUT2D eigenvalue weighted by Gasteiger charge is 2.19. The van der Waals surface area contributed by atoms with Gasteiger partial charge in [-0.25, -0.2) is 0 Å². The molecule has 0 aromatic heterocycles. The molecule has 1 aromatic rings. The Bertz CT molecular complexity index is 374. The molecule has 0 fully saturated rings. The van der Waals surface area contributed by atoms with E-state index in [1.807, 2.05) is 12.1 Å². The minimum Gasteiger partial charge on any atom is -0.348 e. The maximum atomic E-state index is 11.7. The summed E-state index contributed by atoms with van der Waals surface area (Å²) in [4.78, 5) is 11.7. The molecule has 0 bridgehead atoms. The normalized spacial score (nSPS) is 12.5. The summed E-state index contributed by atoms with van der Waals surface area (Å²) in [5.41, 5.74) is 2.42. The van der Waals surface area contributed by atoms with E-state index < -0.39 is 0 Å². The van der Waals surface area contributed by atoms with Gasteiger partial charge < -0.3 is 10.6 Å². The van der Waals surface area contributed by atoms with E-state index in [-0.39, 0.29) is 11.9 Å². The van der Waals surface area contributed by atoms with Crippen molar-refractivity contribution in [3.63, 3.8) is 0 Å². The Morgan fingerprint density at radius 1 is 1.29 bits per heavy atom. The lowest BCUT2D eigenvalue weighted by Gasteiger charge is -2.24. The van der Waals surface area contributed by atoms with Crippen molar-refractivity contribution in [3.05, 3.63) is 35.4 Å². The summed E-state index contributed by atoms with van der Waals surface area (Å²) in [6.07, 6.45) is 0. The van der Waals surface area contributed by atoms with Gasteiger partial charge in [-0.3, -0.25) is 4.79 Å². The molecule has 0 spiro atoms. The summed E-state index contributed by atoms with van der Waals surface area (Å²) < 4.78 is 0. The average Bonchev–Trinajstić information content (AvgIpc) is 2.27. The van der Waals surface area contributed by atoms with Gasteiger partial charge >= 0.3 is 0 Å². The van der Waals surface area contributed by atoms with Crippen molar-refractivity contribution in [2.45, 2.75) is 26.8 Å². The second-order valence-electron chi connectivity index (χ2n) is 4.68. The first-order valence-electron chi connectivity index (χ1n) is 6.05. The Morgan fingerprint density at radius 3 is 2.47 bits per heavy atom. The first-order chi connectivity index (χ1) is 8.06. The lowest BCUT2D eigenvalue weighted by Crippen LogP contribution is -2.37. The molecule has 1 rings (SSSR count). The molecule has 17 heavy (non-hydrogen) atoms. The van der Waals surface area contributed by atoms with Crippen LogP contribution in [-0.4, -0.2) is 19.5 Å². The average molecular weight is 234 g/mol. The van der Waals surface area contributed by atoms with Gasteiger partial charge in [-0.1, -0.05) is 38.1 Å². The van der Waals surface area contributed by atoms with E-state index >= 15 is 0 Å². The Hall–Kier alpha value is -1.35. The molecule has 0 saturated carbocycles. The lowest BCUT2D eigenvalue weighted by atomic mass is 9.92. The van der Waals surface area contributed by atoms with E-state index in [4.69, 9.17) is 0 Å². The van der Waals surface area contributed by atoms with Crippen molar-refractivity contribution in [1.82, 2.24) is 10.6 Å². The molecule has 0 aliphatic heterocycles. The lowest BCUT2D eigenvalue weighted by molar-refractivity contribution is -0.121. The van der Waals surface area contributed by atoms with Crippen molar-refractivity contribution >= 4 is 5.91 Å². The van der Waals surface area contributed by atoms with Crippen molar-refractivity contribution in [2.75, 3.05) is 13.6 Å². The summed E-state index contributed by atoms with van der Waals surface area (Å²) in [7, 11) is 1.78. The standard InChI is InChI=1S/C14H22N2O/c1-10(2)14(16-13(17)9-15-4)12-8-6-5-7-11(12)3/h5-8,10,14-15H,9H2,1-4H3,(H,16,17). The maximum absolute atomic E-state index is 11.7. The molecule has 1 unspecified atom stereocenters. The Kier molecular flexibility index (Phi) is 5.16. The topological polar surface area (TPSA) is 41.1 Å². The second kappa shape index (κ2) is 6.40. The highest BCUT2D eigenvalue weighted by molar-refractivity contribution is 5.78. The molecule has 3 nitrogen and oxygen atoms in total. The summed E-state index contributed by atoms with van der Waals surface area (Å²) in [5.74, 6) is 0.409. The van der Waals surface area contributed by atoms with Gasteiger partial charge in [-0.05, 0) is 31.0 Å². The van der Waals surface area contributed by atoms with Gasteiger partial charge in [-0.15, -0.1) is 0 Å². The molecule has 1 atom stereocenters. The molecule has 0 radical (unpaired) electrons. The van der Waals surface area contributed by atoms with E-state index in [2.05, 4.69) is 43.5 Å². The number of hydrogen-bond donors (Lipinski definition) is 2. The number of nitrogens with one attached hydrogen (secondary N) is 2. The first-order valence-corrected chi connectivity index (χ1v) is 6.05. The molecule has 2 N–H and O–H groups in total. The van der Waals surface area contributed by atoms with Crippen LogP contribution in [0.4, 0.5) is 0 Å². The summed E-state index contributed by atoms with van der Waals surface area (Å²) >= 11 is 0. The van der Waals surface area contributed by atoms with Crippen LogP contribution < -0.4 is 10.6 Å². The third kappa shape index (κ3) is 3.86. The highest BCUT2D eigenvalue weighted by atomic mass is 16.1. The predicted octanol–water partition coefficient (Wildman–Crippen LogP) is 2.03. The van der Waals surface area contributed by atoms with Gasteiger partial charge in [0.05, 0.1) is 12.6 Å². The van der Waals surface area contributed by atoms with Crippen LogP contribution in [-0.2, 0) is 4.79 Å². The van der Waals surface area contributed by atoms with Gasteiger partial charge in [0, 0.05) is 0 Å². The number of likely N-dealkylation sites (N-methyl/N-ethyl adjacent to an activating group) is 1. The molecule has 0 heterocycles. The fourth-order valence-electron chi connectivity index (χ4n) is 1.92. The molecule has 1 aromatic carbocycles. The first kappa shape index (κ1) is 13.7. The molecule has 94 valence electrons. The molecular formula is C14H22N2O. The second-order valence-corrected chi connectivity index (χ2v) is 4.68. The van der Waals surface area contributed by atoms with E-state index in [0.29, 0.717) is 12.5 Å². The van der Waals surface area contributed by atoms with Gasteiger partial charge in [0.25, 0.3) is 0 Å². The van der Waals surface area contributed by atoms with Gasteiger partial charge in [-0.2, -0.15) is 0 Å². The number of benzene rings is 1. The summed E-state index contributed by atoms with van der Waals surface area (Å²) in [5, 5.41) is 5.94. The molecule has 0 saturated heterocycles. The maximum Gasteiger partial charge on any atom is 0.234 e. The SMILES string of the molecule is CNCC(=O)NC(c1ccccc1C)C(C)C. The van der Waals surface area contributed by atoms with Gasteiger partial charge in [0.1, 0.15) is 0 Å². The zero-order chi connectivity index (χ0) is 12.8. The number of amides is 1. The van der Waals surface area contributed by atoms with E-state index in [1.165, 1.54) is 11.1 Å². The third-order valence-corrected chi connectivity index (χ3v) is 2.84. The Balaban J connectivity index is 2.87. The predicted molar refractivity (Wildman–Crippen MR) is 70.8 cm³/mol. The molecule has 1 amide bonds.